The quantitative estimate of drug-likeness (QED) is 0.486. The number of hydrogen-bond donors (Lipinski definition) is 3. The number of amides is 1. The van der Waals surface area contributed by atoms with Crippen LogP contribution in [0.4, 0.5) is 0 Å². The van der Waals surface area contributed by atoms with Gasteiger partial charge in [0.05, 0.1) is 5.25 Å². The molecule has 0 saturated heterocycles. The number of carbonyl (C=O) groups is 1. The molecule has 5 heteroatoms. The van der Waals surface area contributed by atoms with E-state index in [-0.39, 0.29) is 16.3 Å². The zero-order valence-corrected chi connectivity index (χ0v) is 9.19. The van der Waals surface area contributed by atoms with Gasteiger partial charge in [-0.2, -0.15) is 0 Å². The third-order valence-electron chi connectivity index (χ3n) is 2.37. The van der Waals surface area contributed by atoms with Crippen LogP contribution in [0.2, 0.25) is 0 Å². The number of nitrogens with two attached hydrogens (primary N) is 1. The van der Waals surface area contributed by atoms with Crippen molar-refractivity contribution < 1.29 is 4.79 Å². The highest BCUT2D eigenvalue weighted by Gasteiger charge is 2.21. The van der Waals surface area contributed by atoms with E-state index in [1.807, 2.05) is 0 Å². The summed E-state index contributed by atoms with van der Waals surface area (Å²) in [5.41, 5.74) is 5.21. The van der Waals surface area contributed by atoms with Gasteiger partial charge in [0.2, 0.25) is 5.91 Å². The monoisotopic (exact) mass is 215 g/mol. The molecular weight excluding hydrogens is 198 g/mol. The molecule has 0 aromatic rings. The highest BCUT2D eigenvalue weighted by atomic mass is 32.2. The average molecular weight is 215 g/mol. The van der Waals surface area contributed by atoms with Gasteiger partial charge in [-0.1, -0.05) is 24.6 Å². The summed E-state index contributed by atoms with van der Waals surface area (Å²) in [4.78, 5) is 11.6. The first-order valence-corrected chi connectivity index (χ1v) is 5.78. The van der Waals surface area contributed by atoms with Crippen LogP contribution in [0.25, 0.3) is 0 Å². The smallest absolute Gasteiger partial charge is 0.233 e. The molecule has 0 aromatic carbocycles. The molecule has 1 unspecified atom stereocenters. The van der Waals surface area contributed by atoms with Gasteiger partial charge in [-0.3, -0.25) is 10.2 Å². The molecule has 4 N–H and O–H groups in total. The maximum absolute atomic E-state index is 11.6. The van der Waals surface area contributed by atoms with Gasteiger partial charge in [0.1, 0.15) is 0 Å². The topological polar surface area (TPSA) is 79.0 Å². The van der Waals surface area contributed by atoms with Crippen molar-refractivity contribution in [3.63, 3.8) is 0 Å². The van der Waals surface area contributed by atoms with Crippen molar-refractivity contribution in [2.45, 2.75) is 43.9 Å². The Kier molecular flexibility index (Phi) is 4.25. The van der Waals surface area contributed by atoms with Crippen molar-refractivity contribution in [1.29, 1.82) is 5.41 Å². The van der Waals surface area contributed by atoms with E-state index in [4.69, 9.17) is 11.1 Å². The Morgan fingerprint density at radius 1 is 1.57 bits per heavy atom. The maximum atomic E-state index is 11.6. The van der Waals surface area contributed by atoms with Crippen LogP contribution >= 0.6 is 11.8 Å². The third kappa shape index (κ3) is 3.57. The van der Waals surface area contributed by atoms with E-state index in [0.29, 0.717) is 6.04 Å². The molecule has 1 saturated carbocycles. The number of rotatable bonds is 3. The molecule has 1 aliphatic carbocycles. The highest BCUT2D eigenvalue weighted by molar-refractivity contribution is 8.14. The summed E-state index contributed by atoms with van der Waals surface area (Å²) in [6.07, 6.45) is 4.59. The molecule has 1 amide bonds. The van der Waals surface area contributed by atoms with Crippen molar-refractivity contribution in [2.24, 2.45) is 5.73 Å². The highest BCUT2D eigenvalue weighted by Crippen LogP contribution is 2.18. The van der Waals surface area contributed by atoms with E-state index < -0.39 is 0 Å². The minimum atomic E-state index is -0.256. The molecule has 0 aromatic heterocycles. The van der Waals surface area contributed by atoms with E-state index >= 15 is 0 Å². The number of carbonyl (C=O) groups excluding carboxylic acids is 1. The van der Waals surface area contributed by atoms with E-state index in [1.54, 1.807) is 6.92 Å². The van der Waals surface area contributed by atoms with Crippen molar-refractivity contribution in [3.05, 3.63) is 0 Å². The molecule has 14 heavy (non-hydrogen) atoms. The van der Waals surface area contributed by atoms with Crippen LogP contribution in [0.5, 0.6) is 0 Å². The number of nitrogens with one attached hydrogen (secondary N) is 2. The molecule has 1 atom stereocenters. The second-order valence-corrected chi connectivity index (χ2v) is 5.00. The molecule has 1 fully saturated rings. The second-order valence-electron chi connectivity index (χ2n) is 3.61. The van der Waals surface area contributed by atoms with Gasteiger partial charge >= 0.3 is 0 Å². The summed E-state index contributed by atoms with van der Waals surface area (Å²) >= 11 is 1.09. The van der Waals surface area contributed by atoms with Crippen LogP contribution in [0.3, 0.4) is 0 Å². The molecule has 0 radical (unpaired) electrons. The van der Waals surface area contributed by atoms with E-state index in [2.05, 4.69) is 5.32 Å². The summed E-state index contributed by atoms with van der Waals surface area (Å²) in [5.74, 6) is -0.00269. The fourth-order valence-electron chi connectivity index (χ4n) is 1.63. The van der Waals surface area contributed by atoms with Crippen molar-refractivity contribution in [3.8, 4) is 0 Å². The fraction of sp³-hybridized carbons (Fsp3) is 0.778. The summed E-state index contributed by atoms with van der Waals surface area (Å²) in [7, 11) is 0. The van der Waals surface area contributed by atoms with Gasteiger partial charge in [-0.25, -0.2) is 0 Å². The lowest BCUT2D eigenvalue weighted by molar-refractivity contribution is -0.120. The predicted molar refractivity (Wildman–Crippen MR) is 59.4 cm³/mol. The SMILES string of the molecule is CC(SC(=N)N)C(=O)NC1CCCC1. The van der Waals surface area contributed by atoms with Gasteiger partial charge in [-0.15, -0.1) is 0 Å². The first kappa shape index (κ1) is 11.4. The van der Waals surface area contributed by atoms with Gasteiger partial charge < -0.3 is 11.1 Å². The Labute approximate surface area is 88.5 Å². The molecule has 80 valence electrons. The molecule has 4 nitrogen and oxygen atoms in total. The summed E-state index contributed by atoms with van der Waals surface area (Å²) < 4.78 is 0. The van der Waals surface area contributed by atoms with Crippen LogP contribution in [-0.2, 0) is 4.79 Å². The van der Waals surface area contributed by atoms with E-state index in [0.717, 1.165) is 24.6 Å². The normalized spacial score (nSPS) is 19.2. The molecule has 1 rings (SSSR count). The minimum absolute atomic E-state index is 0.000859. The molecule has 0 bridgehead atoms. The lowest BCUT2D eigenvalue weighted by Crippen LogP contribution is -2.38. The summed E-state index contributed by atoms with van der Waals surface area (Å²) in [6.45, 7) is 1.77. The minimum Gasteiger partial charge on any atom is -0.379 e. The third-order valence-corrected chi connectivity index (χ3v) is 3.20. The Bertz CT molecular complexity index is 226. The number of amidine groups is 1. The predicted octanol–water partition coefficient (Wildman–Crippen LogP) is 1.06. The molecular formula is C9H17N3OS. The zero-order chi connectivity index (χ0) is 10.6. The van der Waals surface area contributed by atoms with Crippen LogP contribution < -0.4 is 11.1 Å². The number of hydrogen-bond acceptors (Lipinski definition) is 3. The van der Waals surface area contributed by atoms with Crippen LogP contribution in [0, 0.1) is 5.41 Å². The van der Waals surface area contributed by atoms with Crippen LogP contribution in [0.15, 0.2) is 0 Å². The lowest BCUT2D eigenvalue weighted by Gasteiger charge is -2.15. The molecule has 0 heterocycles. The van der Waals surface area contributed by atoms with Crippen molar-refractivity contribution >= 4 is 22.8 Å². The first-order valence-electron chi connectivity index (χ1n) is 4.90. The first-order chi connectivity index (χ1) is 6.59. The van der Waals surface area contributed by atoms with E-state index in [1.165, 1.54) is 12.8 Å². The fourth-order valence-corrected chi connectivity index (χ4v) is 2.19. The molecule has 0 aliphatic heterocycles. The number of thioether (sulfide) groups is 1. The molecule has 1 aliphatic rings. The van der Waals surface area contributed by atoms with Crippen molar-refractivity contribution in [1.82, 2.24) is 5.32 Å². The lowest BCUT2D eigenvalue weighted by atomic mass is 10.2. The van der Waals surface area contributed by atoms with Gasteiger partial charge in [0.25, 0.3) is 0 Å². The van der Waals surface area contributed by atoms with Crippen LogP contribution in [-0.4, -0.2) is 22.4 Å². The zero-order valence-electron chi connectivity index (χ0n) is 8.38. The Morgan fingerprint density at radius 3 is 2.64 bits per heavy atom. The Balaban J connectivity index is 2.29. The van der Waals surface area contributed by atoms with Crippen molar-refractivity contribution in [2.75, 3.05) is 0 Å². The standard InChI is InChI=1S/C9H17N3OS/c1-6(14-9(10)11)8(13)12-7-4-2-3-5-7/h6-7H,2-5H2,1H3,(H3,10,11)(H,12,13). The average Bonchev–Trinajstić information content (AvgIpc) is 2.55. The Hall–Kier alpha value is -0.710. The maximum Gasteiger partial charge on any atom is 0.233 e. The van der Waals surface area contributed by atoms with Gasteiger partial charge in [0.15, 0.2) is 5.17 Å². The summed E-state index contributed by atoms with van der Waals surface area (Å²) in [5, 5.41) is 9.78. The Morgan fingerprint density at radius 2 is 2.14 bits per heavy atom. The molecule has 0 spiro atoms. The van der Waals surface area contributed by atoms with Crippen LogP contribution in [0.1, 0.15) is 32.6 Å². The summed E-state index contributed by atoms with van der Waals surface area (Å²) in [6, 6.07) is 0.345. The van der Waals surface area contributed by atoms with E-state index in [9.17, 15) is 4.79 Å². The van der Waals surface area contributed by atoms with Gasteiger partial charge in [-0.05, 0) is 19.8 Å². The second kappa shape index (κ2) is 5.24. The largest absolute Gasteiger partial charge is 0.379 e. The van der Waals surface area contributed by atoms with Gasteiger partial charge in [0, 0.05) is 6.04 Å².